The molecule has 8 heteroatoms. The molecule has 1 fully saturated rings. The Labute approximate surface area is 137 Å². The lowest BCUT2D eigenvalue weighted by Crippen LogP contribution is -2.62. The summed E-state index contributed by atoms with van der Waals surface area (Å²) in [5.74, 6) is -1.06. The van der Waals surface area contributed by atoms with Gasteiger partial charge in [-0.25, -0.2) is 0 Å². The van der Waals surface area contributed by atoms with Gasteiger partial charge in [-0.2, -0.15) is 18.4 Å². The molecule has 1 aliphatic carbocycles. The fourth-order valence-corrected chi connectivity index (χ4v) is 3.43. The van der Waals surface area contributed by atoms with Crippen molar-refractivity contribution in [3.63, 3.8) is 0 Å². The van der Waals surface area contributed by atoms with Crippen LogP contribution >= 0.6 is 0 Å². The molecular weight excluding hydrogens is 325 g/mol. The van der Waals surface area contributed by atoms with Gasteiger partial charge in [0.2, 0.25) is 5.91 Å². The van der Waals surface area contributed by atoms with Crippen LogP contribution in [0, 0.1) is 22.2 Å². The van der Waals surface area contributed by atoms with E-state index in [1.54, 1.807) is 13.8 Å². The fraction of sp³-hybridized carbons (Fsp3) is 0.688. The van der Waals surface area contributed by atoms with E-state index in [0.29, 0.717) is 13.3 Å². The average Bonchev–Trinajstić information content (AvgIpc) is 2.37. The van der Waals surface area contributed by atoms with Crippen molar-refractivity contribution in [3.8, 4) is 6.07 Å². The minimum Gasteiger partial charge on any atom is -0.380 e. The minimum atomic E-state index is -4.89. The zero-order valence-electron chi connectivity index (χ0n) is 13.7. The molecule has 1 N–H and O–H groups in total. The van der Waals surface area contributed by atoms with Crippen molar-refractivity contribution in [2.45, 2.75) is 45.4 Å². The molecule has 1 heterocycles. The molecule has 1 amide bonds. The summed E-state index contributed by atoms with van der Waals surface area (Å²) in [6.07, 6.45) is -3.99. The maximum Gasteiger partial charge on any atom is 0.417 e. The van der Waals surface area contributed by atoms with E-state index in [1.165, 1.54) is 11.0 Å². The number of nitriles is 1. The number of allylic oxidation sites excluding steroid dienone is 1. The summed E-state index contributed by atoms with van der Waals surface area (Å²) in [6.45, 7) is 4.26. The Bertz CT molecular complexity index is 650. The van der Waals surface area contributed by atoms with Gasteiger partial charge in [0.25, 0.3) is 0 Å². The highest BCUT2D eigenvalue weighted by Crippen LogP contribution is 2.48. The molecule has 0 saturated carbocycles. The van der Waals surface area contributed by atoms with Crippen LogP contribution < -0.4 is 0 Å². The molecule has 1 saturated heterocycles. The van der Waals surface area contributed by atoms with E-state index >= 15 is 0 Å². The third kappa shape index (κ3) is 3.05. The summed E-state index contributed by atoms with van der Waals surface area (Å²) in [5.41, 5.74) is -4.38. The second-order valence-corrected chi connectivity index (χ2v) is 7.62. The number of aliphatic hydroxyl groups is 1. The molecule has 1 unspecified atom stereocenters. The summed E-state index contributed by atoms with van der Waals surface area (Å²) >= 11 is 0. The molecular formula is C16H19F3N2O3. The van der Waals surface area contributed by atoms with Gasteiger partial charge in [0.15, 0.2) is 11.4 Å². The first-order valence-corrected chi connectivity index (χ1v) is 7.48. The lowest BCUT2D eigenvalue weighted by Gasteiger charge is -2.53. The maximum absolute atomic E-state index is 12.7. The van der Waals surface area contributed by atoms with Gasteiger partial charge in [0.05, 0.1) is 12.0 Å². The molecule has 0 aromatic rings. The predicted molar refractivity (Wildman–Crippen MR) is 77.4 cm³/mol. The van der Waals surface area contributed by atoms with Crippen molar-refractivity contribution in [1.29, 1.82) is 5.26 Å². The quantitative estimate of drug-likeness (QED) is 0.830. The van der Waals surface area contributed by atoms with Crippen LogP contribution in [-0.4, -0.2) is 46.6 Å². The molecule has 132 valence electrons. The standard InChI is InChI=1S/C16H19F3N2O3/c1-13(2)7-15(4-10(6-20)12(13)23)8-21(9-15)11(22)5-14(3,24)16(17,18)19/h4,24H,5,7-9H2,1-3H3. The zero-order chi connectivity index (χ0) is 18.6. The molecule has 0 radical (unpaired) electrons. The van der Waals surface area contributed by atoms with E-state index in [-0.39, 0.29) is 24.4 Å². The van der Waals surface area contributed by atoms with Crippen LogP contribution in [0.25, 0.3) is 0 Å². The molecule has 1 atom stereocenters. The minimum absolute atomic E-state index is 0.0284. The van der Waals surface area contributed by atoms with E-state index in [4.69, 9.17) is 5.26 Å². The Morgan fingerprint density at radius 1 is 1.42 bits per heavy atom. The molecule has 24 heavy (non-hydrogen) atoms. The second-order valence-electron chi connectivity index (χ2n) is 7.62. The molecule has 0 aromatic carbocycles. The average molecular weight is 344 g/mol. The molecule has 2 aliphatic rings. The number of hydrogen-bond donors (Lipinski definition) is 1. The van der Waals surface area contributed by atoms with Crippen LogP contribution in [-0.2, 0) is 9.59 Å². The van der Waals surface area contributed by atoms with Gasteiger partial charge in [0.1, 0.15) is 6.07 Å². The molecule has 1 spiro atoms. The number of ketones is 1. The first kappa shape index (κ1) is 18.5. The van der Waals surface area contributed by atoms with E-state index < -0.39 is 34.9 Å². The number of amides is 1. The van der Waals surface area contributed by atoms with Crippen molar-refractivity contribution >= 4 is 11.7 Å². The van der Waals surface area contributed by atoms with Gasteiger partial charge in [0, 0.05) is 23.9 Å². The van der Waals surface area contributed by atoms with Gasteiger partial charge >= 0.3 is 6.18 Å². The third-order valence-electron chi connectivity index (χ3n) is 4.69. The van der Waals surface area contributed by atoms with Crippen molar-refractivity contribution in [2.24, 2.45) is 10.8 Å². The summed E-state index contributed by atoms with van der Waals surface area (Å²) in [7, 11) is 0. The monoisotopic (exact) mass is 344 g/mol. The Hall–Kier alpha value is -1.88. The van der Waals surface area contributed by atoms with Crippen molar-refractivity contribution in [3.05, 3.63) is 11.6 Å². The molecule has 1 aliphatic heterocycles. The number of hydrogen-bond acceptors (Lipinski definition) is 4. The lowest BCUT2D eigenvalue weighted by atomic mass is 9.61. The van der Waals surface area contributed by atoms with Gasteiger partial charge in [-0.1, -0.05) is 19.9 Å². The van der Waals surface area contributed by atoms with Gasteiger partial charge in [-0.15, -0.1) is 0 Å². The molecule has 2 rings (SSSR count). The Balaban J connectivity index is 2.10. The van der Waals surface area contributed by atoms with Crippen molar-refractivity contribution in [2.75, 3.05) is 13.1 Å². The van der Waals surface area contributed by atoms with Crippen molar-refractivity contribution < 1.29 is 27.9 Å². The summed E-state index contributed by atoms with van der Waals surface area (Å²) in [5, 5.41) is 18.5. The van der Waals surface area contributed by atoms with Crippen LogP contribution in [0.5, 0.6) is 0 Å². The Morgan fingerprint density at radius 3 is 2.42 bits per heavy atom. The summed E-state index contributed by atoms with van der Waals surface area (Å²) in [4.78, 5) is 25.3. The number of alkyl halides is 3. The zero-order valence-corrected chi connectivity index (χ0v) is 13.7. The first-order chi connectivity index (χ1) is 10.7. The van der Waals surface area contributed by atoms with Gasteiger partial charge in [-0.3, -0.25) is 9.59 Å². The highest BCUT2D eigenvalue weighted by atomic mass is 19.4. The third-order valence-corrected chi connectivity index (χ3v) is 4.69. The maximum atomic E-state index is 12.7. The number of carbonyl (C=O) groups is 2. The number of carbonyl (C=O) groups excluding carboxylic acids is 2. The Kier molecular flexibility index (Phi) is 4.09. The highest BCUT2D eigenvalue weighted by Gasteiger charge is 2.55. The summed E-state index contributed by atoms with van der Waals surface area (Å²) < 4.78 is 38.0. The molecule has 0 bridgehead atoms. The van der Waals surface area contributed by atoms with Crippen LogP contribution in [0.4, 0.5) is 13.2 Å². The van der Waals surface area contributed by atoms with Crippen LogP contribution in [0.15, 0.2) is 11.6 Å². The topological polar surface area (TPSA) is 81.4 Å². The van der Waals surface area contributed by atoms with Crippen molar-refractivity contribution in [1.82, 2.24) is 4.90 Å². The number of likely N-dealkylation sites (tertiary alicyclic amines) is 1. The molecule has 5 nitrogen and oxygen atoms in total. The second kappa shape index (κ2) is 5.31. The normalized spacial score (nSPS) is 24.7. The highest BCUT2D eigenvalue weighted by molar-refractivity contribution is 6.03. The predicted octanol–water partition coefficient (Wildman–Crippen LogP) is 1.97. The van der Waals surface area contributed by atoms with Gasteiger partial charge < -0.3 is 10.0 Å². The number of nitrogens with zero attached hydrogens (tertiary/aromatic N) is 2. The van der Waals surface area contributed by atoms with Gasteiger partial charge in [-0.05, 0) is 13.3 Å². The lowest BCUT2D eigenvalue weighted by molar-refractivity contribution is -0.255. The first-order valence-electron chi connectivity index (χ1n) is 7.48. The fourth-order valence-electron chi connectivity index (χ4n) is 3.43. The van der Waals surface area contributed by atoms with Crippen LogP contribution in [0.1, 0.15) is 33.6 Å². The van der Waals surface area contributed by atoms with E-state index in [0.717, 1.165) is 0 Å². The number of Topliss-reactive ketones (excluding diaryl/α,β-unsaturated/α-hetero) is 1. The number of halogens is 3. The molecule has 0 aromatic heterocycles. The van der Waals surface area contributed by atoms with Crippen LogP contribution in [0.3, 0.4) is 0 Å². The van der Waals surface area contributed by atoms with E-state index in [2.05, 4.69) is 0 Å². The SMILES string of the molecule is CC1(C)CC2(C=C(C#N)C1=O)CN(C(=O)CC(C)(O)C(F)(F)F)C2. The van der Waals surface area contributed by atoms with Crippen LogP contribution in [0.2, 0.25) is 0 Å². The smallest absolute Gasteiger partial charge is 0.380 e. The summed E-state index contributed by atoms with van der Waals surface area (Å²) in [6, 6.07) is 1.85. The Morgan fingerprint density at radius 2 is 1.96 bits per heavy atom. The van der Waals surface area contributed by atoms with E-state index in [1.807, 2.05) is 6.07 Å². The number of rotatable bonds is 2. The van der Waals surface area contributed by atoms with E-state index in [9.17, 15) is 27.9 Å². The largest absolute Gasteiger partial charge is 0.417 e.